The Morgan fingerprint density at radius 3 is 2.67 bits per heavy atom. The highest BCUT2D eigenvalue weighted by atomic mass is 32.2. The number of thioether (sulfide) groups is 2. The number of rotatable bonds is 7. The summed E-state index contributed by atoms with van der Waals surface area (Å²) in [6.07, 6.45) is 0. The van der Waals surface area contributed by atoms with E-state index in [1.807, 2.05) is 54.1 Å². The Bertz CT molecular complexity index is 816. The van der Waals surface area contributed by atoms with Crippen LogP contribution in [0, 0.1) is 12.8 Å². The molecule has 0 radical (unpaired) electrons. The van der Waals surface area contributed by atoms with E-state index in [4.69, 9.17) is 4.74 Å². The summed E-state index contributed by atoms with van der Waals surface area (Å²) in [4.78, 5) is 27.1. The number of nitrogens with one attached hydrogen (secondary N) is 1. The number of esters is 1. The van der Waals surface area contributed by atoms with Gasteiger partial charge in [0.05, 0.1) is 17.7 Å². The average molecular weight is 420 g/mol. The Labute approximate surface area is 171 Å². The third kappa shape index (κ3) is 5.18. The van der Waals surface area contributed by atoms with E-state index in [1.54, 1.807) is 18.3 Å². The second-order valence-corrected chi connectivity index (χ2v) is 9.02. The molecule has 0 fully saturated rings. The summed E-state index contributed by atoms with van der Waals surface area (Å²) in [5.41, 5.74) is 2.11. The Balaban J connectivity index is 1.63. The standard InChI is InChI=1S/C20H21NO3S3/c1-3-24-20(23)18-15(16-5-4-10-25-16)11-27-19(18)21-17(22)12-26-14-8-6-13(2)7-9-14/h4-11,18-19H,3,12H2,1-2H3,(H,21,22). The van der Waals surface area contributed by atoms with Crippen LogP contribution in [0.25, 0.3) is 5.57 Å². The average Bonchev–Trinajstić information content (AvgIpc) is 3.31. The highest BCUT2D eigenvalue weighted by Gasteiger charge is 2.39. The van der Waals surface area contributed by atoms with Crippen LogP contribution in [-0.2, 0) is 14.3 Å². The SMILES string of the molecule is CCOC(=O)C1C(c2cccs2)=CSC1NC(=O)CSc1ccc(C)cc1. The minimum absolute atomic E-state index is 0.0896. The lowest BCUT2D eigenvalue weighted by molar-refractivity contribution is -0.146. The third-order valence-electron chi connectivity index (χ3n) is 4.02. The molecule has 142 valence electrons. The van der Waals surface area contributed by atoms with Gasteiger partial charge in [-0.25, -0.2) is 0 Å². The molecule has 1 N–H and O–H groups in total. The van der Waals surface area contributed by atoms with Crippen LogP contribution in [0.1, 0.15) is 17.4 Å². The van der Waals surface area contributed by atoms with Crippen LogP contribution in [0.3, 0.4) is 0 Å². The van der Waals surface area contributed by atoms with Crippen LogP contribution in [0.15, 0.2) is 52.1 Å². The van der Waals surface area contributed by atoms with Crippen molar-refractivity contribution in [2.45, 2.75) is 24.1 Å². The second kappa shape index (κ2) is 9.48. The van der Waals surface area contributed by atoms with E-state index < -0.39 is 5.92 Å². The molecule has 1 amide bonds. The van der Waals surface area contributed by atoms with Gasteiger partial charge in [-0.05, 0) is 48.4 Å². The van der Waals surface area contributed by atoms with Crippen LogP contribution in [0.2, 0.25) is 0 Å². The first-order valence-corrected chi connectivity index (χ1v) is 11.4. The van der Waals surface area contributed by atoms with Crippen molar-refractivity contribution in [1.82, 2.24) is 5.32 Å². The molecule has 7 heteroatoms. The number of aryl methyl sites for hydroxylation is 1. The molecule has 3 rings (SSSR count). The van der Waals surface area contributed by atoms with Crippen molar-refractivity contribution in [2.24, 2.45) is 5.92 Å². The smallest absolute Gasteiger partial charge is 0.316 e. The lowest BCUT2D eigenvalue weighted by Gasteiger charge is -2.21. The zero-order valence-corrected chi connectivity index (χ0v) is 17.6. The molecule has 2 atom stereocenters. The number of amides is 1. The molecule has 2 heterocycles. The molecule has 0 saturated carbocycles. The number of hydrogen-bond acceptors (Lipinski definition) is 6. The molecule has 1 aliphatic rings. The fourth-order valence-electron chi connectivity index (χ4n) is 2.70. The summed E-state index contributed by atoms with van der Waals surface area (Å²) in [5, 5.41) is 6.60. The van der Waals surface area contributed by atoms with Gasteiger partial charge in [0.2, 0.25) is 5.91 Å². The molecular formula is C20H21NO3S3. The predicted molar refractivity (Wildman–Crippen MR) is 114 cm³/mol. The Morgan fingerprint density at radius 2 is 2.00 bits per heavy atom. The molecule has 1 aromatic carbocycles. The summed E-state index contributed by atoms with van der Waals surface area (Å²) in [5.74, 6) is -0.557. The van der Waals surface area contributed by atoms with Crippen molar-refractivity contribution in [2.75, 3.05) is 12.4 Å². The van der Waals surface area contributed by atoms with Gasteiger partial charge in [-0.3, -0.25) is 9.59 Å². The highest BCUT2D eigenvalue weighted by Crippen LogP contribution is 2.42. The maximum Gasteiger partial charge on any atom is 0.316 e. The third-order valence-corrected chi connectivity index (χ3v) is 7.02. The molecule has 0 bridgehead atoms. The fourth-order valence-corrected chi connectivity index (χ4v) is 5.45. The van der Waals surface area contributed by atoms with Gasteiger partial charge in [-0.1, -0.05) is 23.8 Å². The van der Waals surface area contributed by atoms with Crippen LogP contribution in [0.5, 0.6) is 0 Å². The first-order valence-electron chi connectivity index (χ1n) is 8.63. The summed E-state index contributed by atoms with van der Waals surface area (Å²) < 4.78 is 5.26. The van der Waals surface area contributed by atoms with E-state index in [-0.39, 0.29) is 17.3 Å². The van der Waals surface area contributed by atoms with Crippen LogP contribution in [0.4, 0.5) is 0 Å². The van der Waals surface area contributed by atoms with Gasteiger partial charge < -0.3 is 10.1 Å². The van der Waals surface area contributed by atoms with Gasteiger partial charge in [-0.15, -0.1) is 34.9 Å². The van der Waals surface area contributed by atoms with E-state index in [0.29, 0.717) is 12.4 Å². The number of hydrogen-bond donors (Lipinski definition) is 1. The summed E-state index contributed by atoms with van der Waals surface area (Å²) in [6.45, 7) is 4.15. The molecule has 1 aliphatic heterocycles. The van der Waals surface area contributed by atoms with Crippen molar-refractivity contribution < 1.29 is 14.3 Å². The minimum atomic E-state index is -0.484. The first kappa shape index (κ1) is 20.0. The van der Waals surface area contributed by atoms with Crippen molar-refractivity contribution in [3.63, 3.8) is 0 Å². The number of carbonyl (C=O) groups is 2. The van der Waals surface area contributed by atoms with Crippen LogP contribution in [-0.4, -0.2) is 29.6 Å². The summed E-state index contributed by atoms with van der Waals surface area (Å²) in [6, 6.07) is 12.0. The summed E-state index contributed by atoms with van der Waals surface area (Å²) in [7, 11) is 0. The maximum absolute atomic E-state index is 12.5. The summed E-state index contributed by atoms with van der Waals surface area (Å²) >= 11 is 4.53. The van der Waals surface area contributed by atoms with Crippen molar-refractivity contribution in [3.8, 4) is 0 Å². The zero-order chi connectivity index (χ0) is 19.2. The topological polar surface area (TPSA) is 55.4 Å². The van der Waals surface area contributed by atoms with Crippen LogP contribution >= 0.6 is 34.9 Å². The van der Waals surface area contributed by atoms with Crippen molar-refractivity contribution >= 4 is 52.3 Å². The van der Waals surface area contributed by atoms with E-state index in [0.717, 1.165) is 15.3 Å². The zero-order valence-electron chi connectivity index (χ0n) is 15.1. The van der Waals surface area contributed by atoms with Gasteiger partial charge in [-0.2, -0.15) is 0 Å². The fraction of sp³-hybridized carbons (Fsp3) is 0.300. The maximum atomic E-state index is 12.5. The highest BCUT2D eigenvalue weighted by molar-refractivity contribution is 8.03. The molecule has 2 aromatic rings. The van der Waals surface area contributed by atoms with E-state index in [1.165, 1.54) is 29.1 Å². The van der Waals surface area contributed by atoms with Crippen LogP contribution < -0.4 is 5.32 Å². The van der Waals surface area contributed by atoms with Gasteiger partial charge >= 0.3 is 5.97 Å². The molecule has 27 heavy (non-hydrogen) atoms. The normalized spacial score (nSPS) is 18.8. The molecule has 0 saturated heterocycles. The van der Waals surface area contributed by atoms with Gasteiger partial charge in [0.1, 0.15) is 5.92 Å². The largest absolute Gasteiger partial charge is 0.465 e. The molecular weight excluding hydrogens is 398 g/mol. The Hall–Kier alpha value is -1.70. The van der Waals surface area contributed by atoms with E-state index >= 15 is 0 Å². The predicted octanol–water partition coefficient (Wildman–Crippen LogP) is 4.56. The minimum Gasteiger partial charge on any atom is -0.465 e. The molecule has 1 aromatic heterocycles. The molecule has 4 nitrogen and oxygen atoms in total. The molecule has 0 aliphatic carbocycles. The quantitative estimate of drug-likeness (QED) is 0.527. The molecule has 0 spiro atoms. The van der Waals surface area contributed by atoms with E-state index in [9.17, 15) is 9.59 Å². The lowest BCUT2D eigenvalue weighted by atomic mass is 9.99. The monoisotopic (exact) mass is 419 g/mol. The van der Waals surface area contributed by atoms with Gasteiger partial charge in [0, 0.05) is 9.77 Å². The second-order valence-electron chi connectivity index (χ2n) is 6.01. The Kier molecular flexibility index (Phi) is 7.04. The first-order chi connectivity index (χ1) is 13.1. The van der Waals surface area contributed by atoms with Crippen molar-refractivity contribution in [1.29, 1.82) is 0 Å². The van der Waals surface area contributed by atoms with Crippen molar-refractivity contribution in [3.05, 3.63) is 57.6 Å². The van der Waals surface area contributed by atoms with Gasteiger partial charge in [0.15, 0.2) is 0 Å². The van der Waals surface area contributed by atoms with Gasteiger partial charge in [0.25, 0.3) is 0 Å². The number of carbonyl (C=O) groups excluding carboxylic acids is 2. The molecule has 2 unspecified atom stereocenters. The lowest BCUT2D eigenvalue weighted by Crippen LogP contribution is -2.41. The number of thiophene rings is 1. The number of benzene rings is 1. The Morgan fingerprint density at radius 1 is 1.22 bits per heavy atom. The van der Waals surface area contributed by atoms with E-state index in [2.05, 4.69) is 5.32 Å². The number of ether oxygens (including phenoxy) is 1.